The van der Waals surface area contributed by atoms with Crippen molar-refractivity contribution >= 4 is 5.69 Å². The van der Waals surface area contributed by atoms with Crippen LogP contribution in [0.4, 0.5) is 32.0 Å². The predicted molar refractivity (Wildman–Crippen MR) is 78.3 cm³/mol. The van der Waals surface area contributed by atoms with Gasteiger partial charge in [-0.15, -0.1) is 0 Å². The molecule has 3 nitrogen and oxygen atoms in total. The Bertz CT molecular complexity index is 731. The zero-order chi connectivity index (χ0) is 19.2. The first-order valence-corrected chi connectivity index (χ1v) is 6.85. The second-order valence-electron chi connectivity index (χ2n) is 5.52. The fraction of sp³-hybridized carbons (Fsp3) is 0.250. The Hall–Kier alpha value is -2.58. The van der Waals surface area contributed by atoms with Crippen molar-refractivity contribution in [2.75, 3.05) is 5.73 Å². The molecule has 0 fully saturated rings. The lowest BCUT2D eigenvalue weighted by Crippen LogP contribution is -2.54. The minimum atomic E-state index is -5.77. The van der Waals surface area contributed by atoms with Gasteiger partial charge in [-0.3, -0.25) is 0 Å². The summed E-state index contributed by atoms with van der Waals surface area (Å²) in [5, 5.41) is 18.8. The first-order valence-electron chi connectivity index (χ1n) is 6.85. The van der Waals surface area contributed by atoms with Gasteiger partial charge in [0.15, 0.2) is 0 Å². The molecule has 2 rings (SSSR count). The van der Waals surface area contributed by atoms with Gasteiger partial charge in [0.1, 0.15) is 11.5 Å². The molecule has 25 heavy (non-hydrogen) atoms. The SMILES string of the molecule is Cc1cc(C(c2ccc(O)c(N)c2)(C(F)(F)F)C(F)(F)F)ccc1O. The van der Waals surface area contributed by atoms with Crippen molar-refractivity contribution in [2.45, 2.75) is 24.7 Å². The van der Waals surface area contributed by atoms with Gasteiger partial charge in [0.2, 0.25) is 5.41 Å². The highest BCUT2D eigenvalue weighted by atomic mass is 19.4. The molecule has 4 N–H and O–H groups in total. The van der Waals surface area contributed by atoms with Gasteiger partial charge in [-0.25, -0.2) is 0 Å². The topological polar surface area (TPSA) is 66.5 Å². The number of alkyl halides is 6. The van der Waals surface area contributed by atoms with E-state index in [4.69, 9.17) is 5.73 Å². The molecule has 0 aliphatic carbocycles. The molecule has 2 aromatic carbocycles. The number of aromatic hydroxyl groups is 2. The summed E-state index contributed by atoms with van der Waals surface area (Å²) >= 11 is 0. The minimum absolute atomic E-state index is 0.151. The zero-order valence-corrected chi connectivity index (χ0v) is 12.7. The van der Waals surface area contributed by atoms with E-state index in [9.17, 15) is 36.6 Å². The van der Waals surface area contributed by atoms with E-state index in [1.165, 1.54) is 6.92 Å². The number of rotatable bonds is 2. The van der Waals surface area contributed by atoms with E-state index in [2.05, 4.69) is 0 Å². The van der Waals surface area contributed by atoms with Gasteiger partial charge in [0, 0.05) is 0 Å². The van der Waals surface area contributed by atoms with Gasteiger partial charge in [0.05, 0.1) is 5.69 Å². The molecular weight excluding hydrogens is 352 g/mol. The summed E-state index contributed by atoms with van der Waals surface area (Å²) in [6.45, 7) is 1.18. The third kappa shape index (κ3) is 2.83. The fourth-order valence-corrected chi connectivity index (χ4v) is 2.66. The van der Waals surface area contributed by atoms with Crippen molar-refractivity contribution in [2.24, 2.45) is 0 Å². The van der Waals surface area contributed by atoms with Crippen LogP contribution in [0.1, 0.15) is 16.7 Å². The highest BCUT2D eigenvalue weighted by Crippen LogP contribution is 2.57. The third-order valence-electron chi connectivity index (χ3n) is 3.94. The Morgan fingerprint density at radius 2 is 1.20 bits per heavy atom. The molecule has 0 bridgehead atoms. The van der Waals surface area contributed by atoms with Crippen LogP contribution in [-0.2, 0) is 5.41 Å². The van der Waals surface area contributed by atoms with E-state index in [1.54, 1.807) is 0 Å². The normalized spacial score (nSPS) is 13.1. The van der Waals surface area contributed by atoms with Crippen molar-refractivity contribution in [3.8, 4) is 11.5 Å². The number of nitrogen functional groups attached to an aromatic ring is 1. The molecule has 0 spiro atoms. The number of phenolic OH excluding ortho intramolecular Hbond substituents is 2. The first-order chi connectivity index (χ1) is 11.3. The molecule has 0 radical (unpaired) electrons. The second-order valence-corrected chi connectivity index (χ2v) is 5.52. The maximum absolute atomic E-state index is 13.8. The maximum Gasteiger partial charge on any atom is 0.411 e. The van der Waals surface area contributed by atoms with E-state index in [-0.39, 0.29) is 5.56 Å². The average Bonchev–Trinajstić information content (AvgIpc) is 2.44. The predicted octanol–water partition coefficient (Wildman–Crippen LogP) is 4.40. The average molecular weight is 365 g/mol. The van der Waals surface area contributed by atoms with E-state index in [0.717, 1.165) is 6.07 Å². The van der Waals surface area contributed by atoms with E-state index >= 15 is 0 Å². The monoisotopic (exact) mass is 365 g/mol. The lowest BCUT2D eigenvalue weighted by molar-refractivity contribution is -0.288. The van der Waals surface area contributed by atoms with E-state index in [1.807, 2.05) is 0 Å². The fourth-order valence-electron chi connectivity index (χ4n) is 2.66. The molecule has 0 aliphatic rings. The molecule has 0 atom stereocenters. The number of anilines is 1. The smallest absolute Gasteiger partial charge is 0.411 e. The van der Waals surface area contributed by atoms with Crippen molar-refractivity contribution in [1.82, 2.24) is 0 Å². The summed E-state index contributed by atoms with van der Waals surface area (Å²) in [5.74, 6) is -1.07. The van der Waals surface area contributed by atoms with Gasteiger partial charge in [-0.1, -0.05) is 18.2 Å². The zero-order valence-electron chi connectivity index (χ0n) is 12.7. The number of nitrogens with two attached hydrogens (primary N) is 1. The number of aryl methyl sites for hydroxylation is 1. The lowest BCUT2D eigenvalue weighted by Gasteiger charge is -2.38. The first kappa shape index (κ1) is 18.8. The van der Waals surface area contributed by atoms with E-state index in [0.29, 0.717) is 30.3 Å². The van der Waals surface area contributed by atoms with Crippen LogP contribution in [-0.4, -0.2) is 22.6 Å². The van der Waals surface area contributed by atoms with Crippen LogP contribution in [0.25, 0.3) is 0 Å². The summed E-state index contributed by atoms with van der Waals surface area (Å²) < 4.78 is 82.9. The number of hydrogen-bond acceptors (Lipinski definition) is 3. The van der Waals surface area contributed by atoms with Crippen LogP contribution in [0, 0.1) is 6.92 Å². The molecule has 0 heterocycles. The summed E-state index contributed by atoms with van der Waals surface area (Å²) in [6, 6.07) is 3.59. The molecule has 0 aliphatic heterocycles. The Morgan fingerprint density at radius 3 is 1.60 bits per heavy atom. The van der Waals surface area contributed by atoms with Crippen LogP contribution in [0.5, 0.6) is 11.5 Å². The van der Waals surface area contributed by atoms with Crippen LogP contribution in [0.3, 0.4) is 0 Å². The molecule has 0 saturated carbocycles. The van der Waals surface area contributed by atoms with Crippen molar-refractivity contribution < 1.29 is 36.6 Å². The van der Waals surface area contributed by atoms with Gasteiger partial charge in [0.25, 0.3) is 0 Å². The molecule has 9 heteroatoms. The molecule has 0 unspecified atom stereocenters. The lowest BCUT2D eigenvalue weighted by atomic mass is 9.72. The van der Waals surface area contributed by atoms with E-state index < -0.39 is 46.1 Å². The minimum Gasteiger partial charge on any atom is -0.508 e. The quantitative estimate of drug-likeness (QED) is 0.420. The van der Waals surface area contributed by atoms with Gasteiger partial charge in [-0.05, 0) is 41.8 Å². The molecule has 136 valence electrons. The Kier molecular flexibility index (Phi) is 4.31. The number of benzene rings is 2. The highest BCUT2D eigenvalue weighted by Gasteiger charge is 2.72. The van der Waals surface area contributed by atoms with Crippen LogP contribution >= 0.6 is 0 Å². The Balaban J connectivity index is 2.96. The largest absolute Gasteiger partial charge is 0.508 e. The van der Waals surface area contributed by atoms with Gasteiger partial charge in [-0.2, -0.15) is 26.3 Å². The van der Waals surface area contributed by atoms with Gasteiger partial charge < -0.3 is 15.9 Å². The number of halogens is 6. The summed E-state index contributed by atoms with van der Waals surface area (Å²) in [4.78, 5) is 0. The van der Waals surface area contributed by atoms with Crippen LogP contribution in [0.15, 0.2) is 36.4 Å². The third-order valence-corrected chi connectivity index (χ3v) is 3.94. The Morgan fingerprint density at radius 1 is 0.760 bits per heavy atom. The molecular formula is C16H13F6NO2. The number of phenols is 2. The summed E-state index contributed by atoms with van der Waals surface area (Å²) in [7, 11) is 0. The molecule has 0 saturated heterocycles. The van der Waals surface area contributed by atoms with Crippen molar-refractivity contribution in [3.05, 3.63) is 53.1 Å². The van der Waals surface area contributed by atoms with Crippen molar-refractivity contribution in [3.63, 3.8) is 0 Å². The van der Waals surface area contributed by atoms with Crippen molar-refractivity contribution in [1.29, 1.82) is 0 Å². The highest BCUT2D eigenvalue weighted by molar-refractivity contribution is 5.58. The molecule has 0 aromatic heterocycles. The molecule has 0 amide bonds. The molecule has 2 aromatic rings. The maximum atomic E-state index is 13.8. The summed E-state index contributed by atoms with van der Waals surface area (Å²) in [5.41, 5.74) is -2.14. The van der Waals surface area contributed by atoms with Crippen LogP contribution in [0.2, 0.25) is 0 Å². The van der Waals surface area contributed by atoms with Gasteiger partial charge >= 0.3 is 12.4 Å². The summed E-state index contributed by atoms with van der Waals surface area (Å²) in [6.07, 6.45) is -11.5. The second kappa shape index (κ2) is 5.75. The standard InChI is InChI=1S/C16H13F6NO2/c1-8-6-9(2-4-12(8)24)14(15(17,18)19,16(20,21)22)10-3-5-13(25)11(23)7-10/h2-7,24-25H,23H2,1H3. The van der Waals surface area contributed by atoms with Crippen LogP contribution < -0.4 is 5.73 Å². The Labute approximate surface area is 138 Å². The number of hydrogen-bond donors (Lipinski definition) is 3.